The highest BCUT2D eigenvalue weighted by atomic mass is 32.1. The molecule has 0 bridgehead atoms. The molecule has 0 unspecified atom stereocenters. The number of amides is 2. The molecule has 7 heteroatoms. The first-order valence-electron chi connectivity index (χ1n) is 8.86. The van der Waals surface area contributed by atoms with Crippen molar-refractivity contribution in [2.75, 3.05) is 11.9 Å². The molecule has 4 rings (SSSR count). The Labute approximate surface area is 155 Å². The minimum Gasteiger partial charge on any atom is -0.326 e. The summed E-state index contributed by atoms with van der Waals surface area (Å²) in [5, 5.41) is 5.55. The van der Waals surface area contributed by atoms with Crippen molar-refractivity contribution in [3.05, 3.63) is 33.0 Å². The molecule has 0 spiro atoms. The van der Waals surface area contributed by atoms with Crippen LogP contribution >= 0.6 is 22.7 Å². The van der Waals surface area contributed by atoms with Crippen molar-refractivity contribution in [2.24, 2.45) is 0 Å². The predicted octanol–water partition coefficient (Wildman–Crippen LogP) is 3.72. The Morgan fingerprint density at radius 1 is 1.20 bits per heavy atom. The molecule has 2 aromatic rings. The zero-order valence-corrected chi connectivity index (χ0v) is 15.6. The summed E-state index contributed by atoms with van der Waals surface area (Å²) in [5.74, 6) is -0.145. The van der Waals surface area contributed by atoms with Crippen LogP contribution in [0.4, 0.5) is 5.13 Å². The topological polar surface area (TPSA) is 62.3 Å². The average Bonchev–Trinajstić information content (AvgIpc) is 3.33. The zero-order chi connectivity index (χ0) is 17.2. The summed E-state index contributed by atoms with van der Waals surface area (Å²) in [6.07, 6.45) is 7.29. The number of anilines is 1. The monoisotopic (exact) mass is 375 g/mol. The lowest BCUT2D eigenvalue weighted by molar-refractivity contribution is -0.119. The number of hydrogen-bond donors (Lipinski definition) is 1. The van der Waals surface area contributed by atoms with Gasteiger partial charge in [-0.05, 0) is 50.0 Å². The van der Waals surface area contributed by atoms with Crippen LogP contribution in [0, 0.1) is 0 Å². The predicted molar refractivity (Wildman–Crippen MR) is 100 cm³/mol. The van der Waals surface area contributed by atoms with E-state index in [0.29, 0.717) is 23.0 Å². The van der Waals surface area contributed by atoms with Crippen LogP contribution in [0.5, 0.6) is 0 Å². The molecule has 0 saturated carbocycles. The minimum absolute atomic E-state index is 0.0393. The van der Waals surface area contributed by atoms with Gasteiger partial charge in [0, 0.05) is 11.4 Å². The SMILES string of the molecule is O=C(Nc1nc2c(s1)CCCCC2)[C@@H]1CCCN1C(=O)c1cccs1. The van der Waals surface area contributed by atoms with E-state index in [1.807, 2.05) is 17.5 Å². The Hall–Kier alpha value is -1.73. The second-order valence-corrected chi connectivity index (χ2v) is 8.60. The number of aromatic nitrogens is 1. The lowest BCUT2D eigenvalue weighted by Crippen LogP contribution is -2.42. The van der Waals surface area contributed by atoms with Crippen LogP contribution in [0.3, 0.4) is 0 Å². The molecule has 2 aromatic heterocycles. The van der Waals surface area contributed by atoms with Gasteiger partial charge in [-0.1, -0.05) is 12.5 Å². The molecule has 1 atom stereocenters. The molecule has 1 N–H and O–H groups in total. The van der Waals surface area contributed by atoms with E-state index in [-0.39, 0.29) is 11.8 Å². The molecule has 0 aromatic carbocycles. The smallest absolute Gasteiger partial charge is 0.264 e. The van der Waals surface area contributed by atoms with Gasteiger partial charge < -0.3 is 10.2 Å². The molecular formula is C18H21N3O2S2. The van der Waals surface area contributed by atoms with Crippen molar-refractivity contribution in [2.45, 2.75) is 51.0 Å². The largest absolute Gasteiger partial charge is 0.326 e. The first-order valence-corrected chi connectivity index (χ1v) is 10.6. The van der Waals surface area contributed by atoms with Gasteiger partial charge in [0.05, 0.1) is 10.6 Å². The molecule has 2 aliphatic rings. The average molecular weight is 376 g/mol. The first kappa shape index (κ1) is 16.7. The Kier molecular flexibility index (Phi) is 4.85. The third-order valence-corrected chi connectivity index (χ3v) is 6.80. The summed E-state index contributed by atoms with van der Waals surface area (Å²) in [5.41, 5.74) is 1.15. The highest BCUT2D eigenvalue weighted by molar-refractivity contribution is 7.15. The number of nitrogens with zero attached hydrogens (tertiary/aromatic N) is 2. The summed E-state index contributed by atoms with van der Waals surface area (Å²) in [6.45, 7) is 0.642. The fraction of sp³-hybridized carbons (Fsp3) is 0.500. The summed E-state index contributed by atoms with van der Waals surface area (Å²) in [6, 6.07) is 3.29. The summed E-state index contributed by atoms with van der Waals surface area (Å²) in [4.78, 5) is 33.7. The van der Waals surface area contributed by atoms with Crippen molar-refractivity contribution < 1.29 is 9.59 Å². The lowest BCUT2D eigenvalue weighted by Gasteiger charge is -2.22. The van der Waals surface area contributed by atoms with Crippen LogP contribution in [0.25, 0.3) is 0 Å². The number of hydrogen-bond acceptors (Lipinski definition) is 5. The van der Waals surface area contributed by atoms with Gasteiger partial charge in [0.15, 0.2) is 5.13 Å². The second-order valence-electron chi connectivity index (χ2n) is 6.57. The van der Waals surface area contributed by atoms with E-state index in [1.54, 1.807) is 16.2 Å². The lowest BCUT2D eigenvalue weighted by atomic mass is 10.2. The van der Waals surface area contributed by atoms with E-state index in [1.165, 1.54) is 35.5 Å². The number of carbonyl (C=O) groups excluding carboxylic acids is 2. The quantitative estimate of drug-likeness (QED) is 0.832. The molecule has 0 radical (unpaired) electrons. The molecule has 5 nitrogen and oxygen atoms in total. The van der Waals surface area contributed by atoms with Crippen LogP contribution in [0.15, 0.2) is 17.5 Å². The normalized spacial score (nSPS) is 20.2. The molecule has 2 amide bonds. The van der Waals surface area contributed by atoms with Crippen molar-refractivity contribution in [1.82, 2.24) is 9.88 Å². The van der Waals surface area contributed by atoms with Crippen molar-refractivity contribution in [3.8, 4) is 0 Å². The van der Waals surface area contributed by atoms with E-state index in [9.17, 15) is 9.59 Å². The van der Waals surface area contributed by atoms with Crippen LogP contribution in [-0.2, 0) is 17.6 Å². The molecular weight excluding hydrogens is 354 g/mol. The highest BCUT2D eigenvalue weighted by Crippen LogP contribution is 2.30. The number of likely N-dealkylation sites (tertiary alicyclic amines) is 1. The van der Waals surface area contributed by atoms with E-state index in [2.05, 4.69) is 10.3 Å². The fourth-order valence-corrected chi connectivity index (χ4v) is 5.33. The highest BCUT2D eigenvalue weighted by Gasteiger charge is 2.35. The van der Waals surface area contributed by atoms with Crippen molar-refractivity contribution in [1.29, 1.82) is 0 Å². The first-order chi connectivity index (χ1) is 12.2. The van der Waals surface area contributed by atoms with Gasteiger partial charge in [0.1, 0.15) is 6.04 Å². The fourth-order valence-electron chi connectivity index (χ4n) is 3.60. The summed E-state index contributed by atoms with van der Waals surface area (Å²) < 4.78 is 0. The van der Waals surface area contributed by atoms with Gasteiger partial charge in [0.2, 0.25) is 5.91 Å². The summed E-state index contributed by atoms with van der Waals surface area (Å²) in [7, 11) is 0. The van der Waals surface area contributed by atoms with Crippen LogP contribution in [-0.4, -0.2) is 34.3 Å². The molecule has 3 heterocycles. The van der Waals surface area contributed by atoms with Crippen LogP contribution in [0.2, 0.25) is 0 Å². The number of aryl methyl sites for hydroxylation is 2. The Morgan fingerprint density at radius 3 is 2.92 bits per heavy atom. The third kappa shape index (κ3) is 3.48. The van der Waals surface area contributed by atoms with E-state index in [0.717, 1.165) is 25.0 Å². The Bertz CT molecular complexity index is 746. The van der Waals surface area contributed by atoms with Gasteiger partial charge >= 0.3 is 0 Å². The van der Waals surface area contributed by atoms with E-state index < -0.39 is 6.04 Å². The number of rotatable bonds is 3. The van der Waals surface area contributed by atoms with Gasteiger partial charge in [-0.25, -0.2) is 4.98 Å². The van der Waals surface area contributed by atoms with E-state index >= 15 is 0 Å². The molecule has 1 aliphatic heterocycles. The number of nitrogens with one attached hydrogen (secondary N) is 1. The van der Waals surface area contributed by atoms with E-state index in [4.69, 9.17) is 0 Å². The second kappa shape index (κ2) is 7.25. The number of thiazole rings is 1. The van der Waals surface area contributed by atoms with Crippen molar-refractivity contribution >= 4 is 39.6 Å². The molecule has 1 aliphatic carbocycles. The zero-order valence-electron chi connectivity index (χ0n) is 14.0. The van der Waals surface area contributed by atoms with Gasteiger partial charge in [-0.3, -0.25) is 9.59 Å². The van der Waals surface area contributed by atoms with Gasteiger partial charge in [-0.15, -0.1) is 22.7 Å². The molecule has 1 fully saturated rings. The van der Waals surface area contributed by atoms with Crippen molar-refractivity contribution in [3.63, 3.8) is 0 Å². The Morgan fingerprint density at radius 2 is 2.08 bits per heavy atom. The molecule has 132 valence electrons. The molecule has 1 saturated heterocycles. The maximum atomic E-state index is 12.7. The Balaban J connectivity index is 1.46. The maximum Gasteiger partial charge on any atom is 0.264 e. The van der Waals surface area contributed by atoms with Crippen LogP contribution < -0.4 is 5.32 Å². The van der Waals surface area contributed by atoms with Crippen LogP contribution in [0.1, 0.15) is 52.3 Å². The third-order valence-electron chi connectivity index (χ3n) is 4.87. The maximum absolute atomic E-state index is 12.7. The minimum atomic E-state index is -0.390. The molecule has 25 heavy (non-hydrogen) atoms. The van der Waals surface area contributed by atoms with Gasteiger partial charge in [-0.2, -0.15) is 0 Å². The van der Waals surface area contributed by atoms with Gasteiger partial charge in [0.25, 0.3) is 5.91 Å². The number of fused-ring (bicyclic) bond motifs is 1. The number of carbonyl (C=O) groups is 2. The summed E-state index contributed by atoms with van der Waals surface area (Å²) >= 11 is 3.02. The standard InChI is InChI=1S/C18H21N3O2S2/c22-16(20-18-19-12-6-2-1-3-8-14(12)25-18)13-7-4-10-21(13)17(23)15-9-5-11-24-15/h5,9,11,13H,1-4,6-8,10H2,(H,19,20,22)/t13-/m0/s1. The number of thiophene rings is 1.